The summed E-state index contributed by atoms with van der Waals surface area (Å²) in [4.78, 5) is 13.2. The standard InChI is InChI=1S/C15H25NO3/c1-5-12(6-2)16(9-11(3)4)10-13-7-8-14(19-13)15(17)18/h7-8,11-12H,5-6,9-10H2,1-4H3,(H,17,18). The van der Waals surface area contributed by atoms with E-state index in [0.717, 1.165) is 25.1 Å². The molecular weight excluding hydrogens is 242 g/mol. The minimum atomic E-state index is -1.01. The number of hydrogen-bond donors (Lipinski definition) is 1. The average Bonchev–Trinajstić information content (AvgIpc) is 2.78. The van der Waals surface area contributed by atoms with Crippen molar-refractivity contribution in [1.29, 1.82) is 0 Å². The van der Waals surface area contributed by atoms with Crippen LogP contribution >= 0.6 is 0 Å². The molecule has 4 heteroatoms. The minimum Gasteiger partial charge on any atom is -0.475 e. The number of rotatable bonds is 8. The fourth-order valence-corrected chi connectivity index (χ4v) is 2.39. The molecule has 1 aromatic heterocycles. The van der Waals surface area contributed by atoms with Crippen LogP contribution in [0.1, 0.15) is 56.9 Å². The largest absolute Gasteiger partial charge is 0.475 e. The molecule has 0 aliphatic rings. The highest BCUT2D eigenvalue weighted by molar-refractivity contribution is 5.84. The molecule has 4 nitrogen and oxygen atoms in total. The van der Waals surface area contributed by atoms with Crippen LogP contribution in [0.4, 0.5) is 0 Å². The van der Waals surface area contributed by atoms with E-state index in [1.807, 2.05) is 0 Å². The molecule has 1 N–H and O–H groups in total. The van der Waals surface area contributed by atoms with Crippen LogP contribution in [0, 0.1) is 5.92 Å². The van der Waals surface area contributed by atoms with Gasteiger partial charge in [0.05, 0.1) is 6.54 Å². The maximum atomic E-state index is 10.8. The maximum absolute atomic E-state index is 10.8. The lowest BCUT2D eigenvalue weighted by Crippen LogP contribution is -2.36. The zero-order valence-corrected chi connectivity index (χ0v) is 12.3. The van der Waals surface area contributed by atoms with Crippen molar-refractivity contribution in [2.75, 3.05) is 6.54 Å². The van der Waals surface area contributed by atoms with E-state index in [-0.39, 0.29) is 5.76 Å². The Morgan fingerprint density at radius 1 is 1.32 bits per heavy atom. The summed E-state index contributed by atoms with van der Waals surface area (Å²) in [7, 11) is 0. The first-order valence-corrected chi connectivity index (χ1v) is 7.03. The third-order valence-electron chi connectivity index (χ3n) is 3.29. The van der Waals surface area contributed by atoms with Gasteiger partial charge in [-0.2, -0.15) is 0 Å². The van der Waals surface area contributed by atoms with E-state index in [1.54, 1.807) is 6.07 Å². The summed E-state index contributed by atoms with van der Waals surface area (Å²) < 4.78 is 5.36. The summed E-state index contributed by atoms with van der Waals surface area (Å²) in [5, 5.41) is 8.87. The Bertz CT molecular complexity index is 394. The van der Waals surface area contributed by atoms with Crippen molar-refractivity contribution in [3.63, 3.8) is 0 Å². The number of hydrogen-bond acceptors (Lipinski definition) is 3. The molecule has 1 rings (SSSR count). The lowest BCUT2D eigenvalue weighted by Gasteiger charge is -2.31. The van der Waals surface area contributed by atoms with Gasteiger partial charge in [0.2, 0.25) is 5.76 Å². The Morgan fingerprint density at radius 3 is 2.37 bits per heavy atom. The van der Waals surface area contributed by atoms with Crippen LogP contribution in [-0.2, 0) is 6.54 Å². The van der Waals surface area contributed by atoms with Crippen LogP contribution in [0.3, 0.4) is 0 Å². The lowest BCUT2D eigenvalue weighted by molar-refractivity contribution is 0.0656. The molecule has 0 fully saturated rings. The molecule has 0 aliphatic heterocycles. The fourth-order valence-electron chi connectivity index (χ4n) is 2.39. The molecule has 0 spiro atoms. The van der Waals surface area contributed by atoms with Crippen molar-refractivity contribution >= 4 is 5.97 Å². The van der Waals surface area contributed by atoms with Gasteiger partial charge in [0, 0.05) is 12.6 Å². The van der Waals surface area contributed by atoms with Crippen molar-refractivity contribution in [3.8, 4) is 0 Å². The van der Waals surface area contributed by atoms with Gasteiger partial charge < -0.3 is 9.52 Å². The van der Waals surface area contributed by atoms with E-state index >= 15 is 0 Å². The SMILES string of the molecule is CCC(CC)N(Cc1ccc(C(=O)O)o1)CC(C)C. The van der Waals surface area contributed by atoms with Crippen LogP contribution in [-0.4, -0.2) is 28.6 Å². The van der Waals surface area contributed by atoms with Gasteiger partial charge in [-0.15, -0.1) is 0 Å². The first-order chi connectivity index (χ1) is 8.97. The number of carbonyl (C=O) groups is 1. The minimum absolute atomic E-state index is 0.0176. The average molecular weight is 267 g/mol. The Hall–Kier alpha value is -1.29. The zero-order valence-electron chi connectivity index (χ0n) is 12.3. The van der Waals surface area contributed by atoms with Crippen LogP contribution < -0.4 is 0 Å². The Morgan fingerprint density at radius 2 is 1.95 bits per heavy atom. The van der Waals surface area contributed by atoms with Crippen molar-refractivity contribution in [1.82, 2.24) is 4.90 Å². The molecule has 108 valence electrons. The number of carboxylic acids is 1. The van der Waals surface area contributed by atoms with E-state index in [2.05, 4.69) is 32.6 Å². The third kappa shape index (κ3) is 4.71. The predicted molar refractivity (Wildman–Crippen MR) is 75.3 cm³/mol. The van der Waals surface area contributed by atoms with Gasteiger partial charge in [-0.3, -0.25) is 4.90 Å². The second-order valence-corrected chi connectivity index (χ2v) is 5.36. The normalized spacial score (nSPS) is 11.7. The molecule has 0 saturated heterocycles. The third-order valence-corrected chi connectivity index (χ3v) is 3.29. The van der Waals surface area contributed by atoms with Crippen LogP contribution in [0.5, 0.6) is 0 Å². The second kappa shape index (κ2) is 7.34. The van der Waals surface area contributed by atoms with Crippen LogP contribution in [0.25, 0.3) is 0 Å². The van der Waals surface area contributed by atoms with Crippen LogP contribution in [0.15, 0.2) is 16.5 Å². The highest BCUT2D eigenvalue weighted by Crippen LogP contribution is 2.17. The molecule has 0 saturated carbocycles. The van der Waals surface area contributed by atoms with Gasteiger partial charge in [0.1, 0.15) is 5.76 Å². The molecular formula is C15H25NO3. The molecule has 0 amide bonds. The van der Waals surface area contributed by atoms with E-state index in [4.69, 9.17) is 9.52 Å². The van der Waals surface area contributed by atoms with Gasteiger partial charge in [-0.1, -0.05) is 27.7 Å². The fraction of sp³-hybridized carbons (Fsp3) is 0.667. The highest BCUT2D eigenvalue weighted by atomic mass is 16.4. The number of carboxylic acid groups (broad SMARTS) is 1. The van der Waals surface area contributed by atoms with Gasteiger partial charge in [0.15, 0.2) is 0 Å². The highest BCUT2D eigenvalue weighted by Gasteiger charge is 2.19. The zero-order chi connectivity index (χ0) is 14.4. The molecule has 0 aliphatic carbocycles. The summed E-state index contributed by atoms with van der Waals surface area (Å²) in [5.41, 5.74) is 0. The summed E-state index contributed by atoms with van der Waals surface area (Å²) in [5.74, 6) is 0.313. The first kappa shape index (κ1) is 15.8. The topological polar surface area (TPSA) is 53.7 Å². The van der Waals surface area contributed by atoms with Gasteiger partial charge in [-0.25, -0.2) is 4.79 Å². The van der Waals surface area contributed by atoms with Crippen molar-refractivity contribution < 1.29 is 14.3 Å². The van der Waals surface area contributed by atoms with Gasteiger partial charge in [-0.05, 0) is 30.9 Å². The summed E-state index contributed by atoms with van der Waals surface area (Å²) in [6, 6.07) is 3.80. The number of nitrogens with zero attached hydrogens (tertiary/aromatic N) is 1. The van der Waals surface area contributed by atoms with Crippen molar-refractivity contribution in [2.24, 2.45) is 5.92 Å². The second-order valence-electron chi connectivity index (χ2n) is 5.36. The molecule has 0 unspecified atom stereocenters. The molecule has 0 aromatic carbocycles. The summed E-state index contributed by atoms with van der Waals surface area (Å²) in [6.45, 7) is 10.4. The lowest BCUT2D eigenvalue weighted by atomic mass is 10.1. The van der Waals surface area contributed by atoms with E-state index < -0.39 is 5.97 Å². The Kier molecular flexibility index (Phi) is 6.09. The molecule has 1 heterocycles. The number of aromatic carboxylic acids is 1. The summed E-state index contributed by atoms with van der Waals surface area (Å²) >= 11 is 0. The molecule has 19 heavy (non-hydrogen) atoms. The Labute approximate surface area is 115 Å². The van der Waals surface area contributed by atoms with E-state index in [9.17, 15) is 4.79 Å². The predicted octanol–water partition coefficient (Wildman–Crippen LogP) is 3.62. The monoisotopic (exact) mass is 267 g/mol. The molecule has 0 atom stereocenters. The van der Waals surface area contributed by atoms with E-state index in [0.29, 0.717) is 18.5 Å². The molecule has 0 bridgehead atoms. The number of furan rings is 1. The van der Waals surface area contributed by atoms with Crippen molar-refractivity contribution in [3.05, 3.63) is 23.7 Å². The maximum Gasteiger partial charge on any atom is 0.371 e. The van der Waals surface area contributed by atoms with Crippen molar-refractivity contribution in [2.45, 2.75) is 53.1 Å². The molecule has 0 radical (unpaired) electrons. The van der Waals surface area contributed by atoms with Crippen LogP contribution in [0.2, 0.25) is 0 Å². The van der Waals surface area contributed by atoms with Gasteiger partial charge >= 0.3 is 5.97 Å². The smallest absolute Gasteiger partial charge is 0.371 e. The van der Waals surface area contributed by atoms with Gasteiger partial charge in [0.25, 0.3) is 0 Å². The Balaban J connectivity index is 2.77. The quantitative estimate of drug-likeness (QED) is 0.781. The van der Waals surface area contributed by atoms with E-state index in [1.165, 1.54) is 6.07 Å². The summed E-state index contributed by atoms with van der Waals surface area (Å²) in [6.07, 6.45) is 2.19. The molecule has 1 aromatic rings. The first-order valence-electron chi connectivity index (χ1n) is 7.03.